The third kappa shape index (κ3) is 3.35. The van der Waals surface area contributed by atoms with Gasteiger partial charge in [-0.1, -0.05) is 18.2 Å². The minimum absolute atomic E-state index is 0.00426. The number of nitrogens with zero attached hydrogens (tertiary/aromatic N) is 1. The lowest BCUT2D eigenvalue weighted by Gasteiger charge is -2.10. The molecule has 0 saturated carbocycles. The van der Waals surface area contributed by atoms with Crippen LogP contribution >= 0.6 is 0 Å². The molecule has 0 atom stereocenters. The standard InChI is InChI=1S/C18H14F3NO/c1-11-7-13(15-3-2-4-16(20)18(15)22-11)10-23-9-12-5-6-14(19)8-17(12)21/h2-8H,9-10H2,1H3. The zero-order valence-corrected chi connectivity index (χ0v) is 12.4. The fourth-order valence-electron chi connectivity index (χ4n) is 2.46. The van der Waals surface area contributed by atoms with Gasteiger partial charge in [0.1, 0.15) is 23.0 Å². The average molecular weight is 317 g/mol. The second-order valence-corrected chi connectivity index (χ2v) is 5.29. The monoisotopic (exact) mass is 317 g/mol. The Balaban J connectivity index is 1.81. The van der Waals surface area contributed by atoms with E-state index in [2.05, 4.69) is 4.98 Å². The summed E-state index contributed by atoms with van der Waals surface area (Å²) < 4.78 is 45.8. The fourth-order valence-corrected chi connectivity index (χ4v) is 2.46. The predicted molar refractivity (Wildman–Crippen MR) is 81.3 cm³/mol. The van der Waals surface area contributed by atoms with Gasteiger partial charge in [-0.05, 0) is 30.7 Å². The number of aryl methyl sites for hydroxylation is 1. The topological polar surface area (TPSA) is 22.1 Å². The first-order valence-corrected chi connectivity index (χ1v) is 7.11. The molecule has 0 N–H and O–H groups in total. The van der Waals surface area contributed by atoms with Crippen molar-refractivity contribution in [1.29, 1.82) is 0 Å². The smallest absolute Gasteiger partial charge is 0.149 e. The van der Waals surface area contributed by atoms with E-state index in [9.17, 15) is 13.2 Å². The number of fused-ring (bicyclic) bond motifs is 1. The lowest BCUT2D eigenvalue weighted by atomic mass is 10.1. The molecule has 0 amide bonds. The van der Waals surface area contributed by atoms with Gasteiger partial charge in [-0.3, -0.25) is 4.98 Å². The van der Waals surface area contributed by atoms with Crippen molar-refractivity contribution in [3.8, 4) is 0 Å². The Kier molecular flexibility index (Phi) is 4.30. The quantitative estimate of drug-likeness (QED) is 0.697. The van der Waals surface area contributed by atoms with Gasteiger partial charge in [0.05, 0.1) is 13.2 Å². The van der Waals surface area contributed by atoms with Crippen molar-refractivity contribution < 1.29 is 17.9 Å². The van der Waals surface area contributed by atoms with E-state index in [-0.39, 0.29) is 18.8 Å². The highest BCUT2D eigenvalue weighted by atomic mass is 19.1. The van der Waals surface area contributed by atoms with E-state index in [0.717, 1.165) is 11.6 Å². The molecule has 5 heteroatoms. The molecule has 0 fully saturated rings. The van der Waals surface area contributed by atoms with Gasteiger partial charge < -0.3 is 4.74 Å². The molecule has 1 heterocycles. The Morgan fingerprint density at radius 3 is 2.48 bits per heavy atom. The summed E-state index contributed by atoms with van der Waals surface area (Å²) >= 11 is 0. The van der Waals surface area contributed by atoms with Crippen LogP contribution in [0, 0.1) is 24.4 Å². The number of pyridine rings is 1. The van der Waals surface area contributed by atoms with Crippen molar-refractivity contribution >= 4 is 10.9 Å². The summed E-state index contributed by atoms with van der Waals surface area (Å²) in [6.45, 7) is 1.96. The highest BCUT2D eigenvalue weighted by molar-refractivity contribution is 5.82. The number of aromatic nitrogens is 1. The van der Waals surface area contributed by atoms with Crippen LogP contribution in [0.2, 0.25) is 0 Å². The predicted octanol–water partition coefficient (Wildman–Crippen LogP) is 4.68. The van der Waals surface area contributed by atoms with Gasteiger partial charge in [0.2, 0.25) is 0 Å². The second-order valence-electron chi connectivity index (χ2n) is 5.29. The van der Waals surface area contributed by atoms with Crippen LogP contribution in [0.15, 0.2) is 42.5 Å². The van der Waals surface area contributed by atoms with E-state index in [4.69, 9.17) is 4.74 Å². The van der Waals surface area contributed by atoms with E-state index in [1.807, 2.05) is 6.07 Å². The van der Waals surface area contributed by atoms with Crippen molar-refractivity contribution in [2.24, 2.45) is 0 Å². The molecule has 0 aliphatic rings. The SMILES string of the molecule is Cc1cc(COCc2ccc(F)cc2F)c2cccc(F)c2n1. The van der Waals surface area contributed by atoms with Crippen LogP contribution in [0.1, 0.15) is 16.8 Å². The summed E-state index contributed by atoms with van der Waals surface area (Å²) in [7, 11) is 0. The van der Waals surface area contributed by atoms with Crippen LogP contribution < -0.4 is 0 Å². The first-order chi connectivity index (χ1) is 11.0. The van der Waals surface area contributed by atoms with E-state index in [1.165, 1.54) is 18.2 Å². The molecule has 23 heavy (non-hydrogen) atoms. The van der Waals surface area contributed by atoms with Gasteiger partial charge in [0.25, 0.3) is 0 Å². The summed E-state index contributed by atoms with van der Waals surface area (Å²) in [6.07, 6.45) is 0. The number of halogens is 3. The van der Waals surface area contributed by atoms with E-state index >= 15 is 0 Å². The normalized spacial score (nSPS) is 11.1. The zero-order chi connectivity index (χ0) is 16.4. The van der Waals surface area contributed by atoms with Crippen LogP contribution in [-0.4, -0.2) is 4.98 Å². The van der Waals surface area contributed by atoms with Crippen LogP contribution in [-0.2, 0) is 18.0 Å². The highest BCUT2D eigenvalue weighted by Crippen LogP contribution is 2.22. The Morgan fingerprint density at radius 1 is 0.913 bits per heavy atom. The summed E-state index contributed by atoms with van der Waals surface area (Å²) in [5.41, 5.74) is 2.01. The lowest BCUT2D eigenvalue weighted by molar-refractivity contribution is 0.105. The molecule has 0 aliphatic heterocycles. The fraction of sp³-hybridized carbons (Fsp3) is 0.167. The van der Waals surface area contributed by atoms with Gasteiger partial charge in [-0.2, -0.15) is 0 Å². The van der Waals surface area contributed by atoms with Crippen molar-refractivity contribution in [3.05, 3.63) is 76.7 Å². The summed E-state index contributed by atoms with van der Waals surface area (Å²) in [5, 5.41) is 0.662. The van der Waals surface area contributed by atoms with Crippen molar-refractivity contribution in [2.75, 3.05) is 0 Å². The van der Waals surface area contributed by atoms with E-state index < -0.39 is 17.5 Å². The average Bonchev–Trinajstić information content (AvgIpc) is 2.50. The molecule has 3 aromatic rings. The molecule has 0 aliphatic carbocycles. The van der Waals surface area contributed by atoms with Crippen LogP contribution in [0.5, 0.6) is 0 Å². The Labute approximate surface area is 131 Å². The third-order valence-corrected chi connectivity index (χ3v) is 3.53. The summed E-state index contributed by atoms with van der Waals surface area (Å²) in [5.74, 6) is -1.67. The number of para-hydroxylation sites is 1. The van der Waals surface area contributed by atoms with Crippen LogP contribution in [0.3, 0.4) is 0 Å². The number of rotatable bonds is 4. The zero-order valence-electron chi connectivity index (χ0n) is 12.4. The molecule has 0 bridgehead atoms. The summed E-state index contributed by atoms with van der Waals surface area (Å²) in [4.78, 5) is 4.19. The molecular formula is C18H14F3NO. The first-order valence-electron chi connectivity index (χ1n) is 7.11. The molecule has 2 aromatic carbocycles. The van der Waals surface area contributed by atoms with E-state index in [1.54, 1.807) is 19.1 Å². The molecule has 0 saturated heterocycles. The number of benzene rings is 2. The molecule has 0 unspecified atom stereocenters. The summed E-state index contributed by atoms with van der Waals surface area (Å²) in [6, 6.07) is 9.89. The molecule has 1 aromatic heterocycles. The molecule has 118 valence electrons. The largest absolute Gasteiger partial charge is 0.372 e. The van der Waals surface area contributed by atoms with Crippen molar-refractivity contribution in [3.63, 3.8) is 0 Å². The van der Waals surface area contributed by atoms with Crippen LogP contribution in [0.4, 0.5) is 13.2 Å². The Morgan fingerprint density at radius 2 is 1.70 bits per heavy atom. The number of ether oxygens (including phenoxy) is 1. The minimum atomic E-state index is -0.646. The van der Waals surface area contributed by atoms with Gasteiger partial charge in [-0.25, -0.2) is 13.2 Å². The maximum atomic E-state index is 13.8. The molecule has 3 rings (SSSR count). The Bertz CT molecular complexity index is 864. The van der Waals surface area contributed by atoms with Gasteiger partial charge in [-0.15, -0.1) is 0 Å². The highest BCUT2D eigenvalue weighted by Gasteiger charge is 2.09. The maximum Gasteiger partial charge on any atom is 0.149 e. The molecular weight excluding hydrogens is 303 g/mol. The first kappa shape index (κ1) is 15.5. The number of hydrogen-bond donors (Lipinski definition) is 0. The van der Waals surface area contributed by atoms with Gasteiger partial charge in [0, 0.05) is 22.7 Å². The second kappa shape index (κ2) is 6.38. The Hall–Kier alpha value is -2.40. The van der Waals surface area contributed by atoms with E-state index in [0.29, 0.717) is 16.6 Å². The lowest BCUT2D eigenvalue weighted by Crippen LogP contribution is -2.00. The van der Waals surface area contributed by atoms with Gasteiger partial charge >= 0.3 is 0 Å². The number of hydrogen-bond acceptors (Lipinski definition) is 2. The van der Waals surface area contributed by atoms with Crippen molar-refractivity contribution in [2.45, 2.75) is 20.1 Å². The maximum absolute atomic E-state index is 13.8. The van der Waals surface area contributed by atoms with Crippen LogP contribution in [0.25, 0.3) is 10.9 Å². The molecule has 0 radical (unpaired) electrons. The minimum Gasteiger partial charge on any atom is -0.372 e. The van der Waals surface area contributed by atoms with Gasteiger partial charge in [0.15, 0.2) is 0 Å². The van der Waals surface area contributed by atoms with Crippen molar-refractivity contribution in [1.82, 2.24) is 4.98 Å². The third-order valence-electron chi connectivity index (χ3n) is 3.53. The molecule has 0 spiro atoms. The molecule has 2 nitrogen and oxygen atoms in total.